The van der Waals surface area contributed by atoms with Crippen LogP contribution in [0.2, 0.25) is 0 Å². The normalized spacial score (nSPS) is 10.9. The third kappa shape index (κ3) is 4.24. The van der Waals surface area contributed by atoms with E-state index in [1.165, 1.54) is 10.8 Å². The van der Waals surface area contributed by atoms with E-state index in [-0.39, 0.29) is 6.10 Å². The largest absolute Gasteiger partial charge is 0.490 e. The average molecular weight is 335 g/mol. The van der Waals surface area contributed by atoms with Crippen LogP contribution in [0.5, 0.6) is 11.5 Å². The van der Waals surface area contributed by atoms with E-state index >= 15 is 0 Å². The minimum Gasteiger partial charge on any atom is -0.490 e. The maximum Gasteiger partial charge on any atom is 0.161 e. The first-order valence-corrected chi connectivity index (χ1v) is 8.81. The molecule has 3 rings (SSSR count). The van der Waals surface area contributed by atoms with Crippen LogP contribution in [0.3, 0.4) is 0 Å². The summed E-state index contributed by atoms with van der Waals surface area (Å²) in [4.78, 5) is 0. The summed E-state index contributed by atoms with van der Waals surface area (Å²) in [6.45, 7) is 7.38. The Hall–Kier alpha value is -2.68. The molecule has 0 unspecified atom stereocenters. The van der Waals surface area contributed by atoms with Crippen molar-refractivity contribution in [2.75, 3.05) is 11.9 Å². The summed E-state index contributed by atoms with van der Waals surface area (Å²) in [5, 5.41) is 6.01. The van der Waals surface area contributed by atoms with E-state index in [1.54, 1.807) is 0 Å². The van der Waals surface area contributed by atoms with Crippen LogP contribution >= 0.6 is 0 Å². The zero-order valence-electron chi connectivity index (χ0n) is 15.1. The van der Waals surface area contributed by atoms with Crippen molar-refractivity contribution < 1.29 is 9.47 Å². The molecule has 3 heteroatoms. The van der Waals surface area contributed by atoms with Crippen LogP contribution in [0.1, 0.15) is 26.3 Å². The number of rotatable bonds is 7. The number of anilines is 1. The van der Waals surface area contributed by atoms with E-state index in [2.05, 4.69) is 59.9 Å². The highest BCUT2D eigenvalue weighted by Gasteiger charge is 2.08. The van der Waals surface area contributed by atoms with Crippen molar-refractivity contribution in [1.82, 2.24) is 0 Å². The van der Waals surface area contributed by atoms with Crippen molar-refractivity contribution in [3.8, 4) is 11.5 Å². The fraction of sp³-hybridized carbons (Fsp3) is 0.273. The SMILES string of the molecule is CCOc1cc(CNc2cccc3ccccc23)ccc1OC(C)C. The Bertz CT molecular complexity index is 837. The van der Waals surface area contributed by atoms with E-state index in [4.69, 9.17) is 9.47 Å². The van der Waals surface area contributed by atoms with Gasteiger partial charge in [0, 0.05) is 17.6 Å². The van der Waals surface area contributed by atoms with Crippen molar-refractivity contribution >= 4 is 16.5 Å². The standard InChI is InChI=1S/C22H25NO2/c1-4-24-22-14-17(12-13-21(22)25-16(2)3)15-23-20-11-7-9-18-8-5-6-10-19(18)20/h5-14,16,23H,4,15H2,1-3H3. The first-order chi connectivity index (χ1) is 12.2. The minimum absolute atomic E-state index is 0.124. The zero-order valence-corrected chi connectivity index (χ0v) is 15.1. The highest BCUT2D eigenvalue weighted by Crippen LogP contribution is 2.30. The molecule has 0 spiro atoms. The van der Waals surface area contributed by atoms with Crippen molar-refractivity contribution in [2.24, 2.45) is 0 Å². The Morgan fingerprint density at radius 1 is 0.920 bits per heavy atom. The second-order valence-corrected chi connectivity index (χ2v) is 6.26. The second kappa shape index (κ2) is 7.93. The van der Waals surface area contributed by atoms with Gasteiger partial charge < -0.3 is 14.8 Å². The third-order valence-corrected chi connectivity index (χ3v) is 3.94. The molecule has 0 aliphatic rings. The average Bonchev–Trinajstić information content (AvgIpc) is 2.61. The lowest BCUT2D eigenvalue weighted by molar-refractivity contribution is 0.223. The van der Waals surface area contributed by atoms with Gasteiger partial charge in [0.05, 0.1) is 12.7 Å². The molecule has 0 aromatic heterocycles. The van der Waals surface area contributed by atoms with Gasteiger partial charge in [-0.15, -0.1) is 0 Å². The molecular weight excluding hydrogens is 310 g/mol. The van der Waals surface area contributed by atoms with Crippen molar-refractivity contribution in [3.63, 3.8) is 0 Å². The number of ether oxygens (including phenoxy) is 2. The zero-order chi connectivity index (χ0) is 17.6. The van der Waals surface area contributed by atoms with Crippen LogP contribution in [0, 0.1) is 0 Å². The molecule has 0 bridgehead atoms. The van der Waals surface area contributed by atoms with E-state index in [9.17, 15) is 0 Å². The molecule has 1 N–H and O–H groups in total. The Labute approximate surface area is 149 Å². The van der Waals surface area contributed by atoms with Crippen LogP contribution in [0.25, 0.3) is 10.8 Å². The van der Waals surface area contributed by atoms with Gasteiger partial charge in [0.2, 0.25) is 0 Å². The predicted molar refractivity (Wildman–Crippen MR) is 105 cm³/mol. The van der Waals surface area contributed by atoms with Gasteiger partial charge in [0.25, 0.3) is 0 Å². The highest BCUT2D eigenvalue weighted by molar-refractivity contribution is 5.93. The van der Waals surface area contributed by atoms with Crippen LogP contribution in [0.4, 0.5) is 5.69 Å². The van der Waals surface area contributed by atoms with Crippen molar-refractivity contribution in [2.45, 2.75) is 33.4 Å². The number of benzene rings is 3. The molecule has 0 atom stereocenters. The number of fused-ring (bicyclic) bond motifs is 1. The van der Waals surface area contributed by atoms with Gasteiger partial charge >= 0.3 is 0 Å². The molecule has 3 aromatic rings. The van der Waals surface area contributed by atoms with Crippen LogP contribution in [0.15, 0.2) is 60.7 Å². The fourth-order valence-corrected chi connectivity index (χ4v) is 2.86. The fourth-order valence-electron chi connectivity index (χ4n) is 2.86. The Morgan fingerprint density at radius 2 is 1.72 bits per heavy atom. The molecule has 0 saturated heterocycles. The first kappa shape index (κ1) is 17.2. The maximum atomic E-state index is 5.83. The number of hydrogen-bond acceptors (Lipinski definition) is 3. The summed E-state index contributed by atoms with van der Waals surface area (Å²) < 4.78 is 11.6. The molecule has 0 heterocycles. The monoisotopic (exact) mass is 335 g/mol. The summed E-state index contributed by atoms with van der Waals surface area (Å²) in [5.41, 5.74) is 2.30. The Balaban J connectivity index is 1.79. The smallest absolute Gasteiger partial charge is 0.161 e. The lowest BCUT2D eigenvalue weighted by Crippen LogP contribution is -2.08. The van der Waals surface area contributed by atoms with E-state index in [0.29, 0.717) is 6.61 Å². The first-order valence-electron chi connectivity index (χ1n) is 8.81. The van der Waals surface area contributed by atoms with E-state index in [0.717, 1.165) is 29.3 Å². The quantitative estimate of drug-likeness (QED) is 0.606. The summed E-state index contributed by atoms with van der Waals surface area (Å²) in [6.07, 6.45) is 0.124. The van der Waals surface area contributed by atoms with E-state index < -0.39 is 0 Å². The maximum absolute atomic E-state index is 5.83. The molecule has 0 fully saturated rings. The lowest BCUT2D eigenvalue weighted by atomic mass is 10.1. The molecule has 0 saturated carbocycles. The van der Waals surface area contributed by atoms with Gasteiger partial charge in [-0.2, -0.15) is 0 Å². The van der Waals surface area contributed by atoms with Crippen LogP contribution < -0.4 is 14.8 Å². The second-order valence-electron chi connectivity index (χ2n) is 6.26. The van der Waals surface area contributed by atoms with Gasteiger partial charge in [0.1, 0.15) is 0 Å². The van der Waals surface area contributed by atoms with Gasteiger partial charge in [-0.1, -0.05) is 42.5 Å². The van der Waals surface area contributed by atoms with Crippen molar-refractivity contribution in [3.05, 3.63) is 66.2 Å². The van der Waals surface area contributed by atoms with Gasteiger partial charge in [0.15, 0.2) is 11.5 Å². The van der Waals surface area contributed by atoms with Gasteiger partial charge in [-0.25, -0.2) is 0 Å². The topological polar surface area (TPSA) is 30.5 Å². The summed E-state index contributed by atoms with van der Waals surface area (Å²) >= 11 is 0. The highest BCUT2D eigenvalue weighted by atomic mass is 16.5. The molecule has 0 aliphatic carbocycles. The van der Waals surface area contributed by atoms with E-state index in [1.807, 2.05) is 26.8 Å². The number of nitrogens with one attached hydrogen (secondary N) is 1. The van der Waals surface area contributed by atoms with Gasteiger partial charge in [-0.3, -0.25) is 0 Å². The molecule has 0 amide bonds. The number of hydrogen-bond donors (Lipinski definition) is 1. The van der Waals surface area contributed by atoms with Crippen LogP contribution in [-0.4, -0.2) is 12.7 Å². The van der Waals surface area contributed by atoms with Gasteiger partial charge in [-0.05, 0) is 49.9 Å². The third-order valence-electron chi connectivity index (χ3n) is 3.94. The summed E-state index contributed by atoms with van der Waals surface area (Å²) in [5.74, 6) is 1.60. The molecule has 0 aliphatic heterocycles. The molecule has 130 valence electrons. The lowest BCUT2D eigenvalue weighted by Gasteiger charge is -2.16. The van der Waals surface area contributed by atoms with Crippen molar-refractivity contribution in [1.29, 1.82) is 0 Å². The minimum atomic E-state index is 0.124. The van der Waals surface area contributed by atoms with Crippen LogP contribution in [-0.2, 0) is 6.54 Å². The molecule has 3 nitrogen and oxygen atoms in total. The molecule has 25 heavy (non-hydrogen) atoms. The molecule has 3 aromatic carbocycles. The Morgan fingerprint density at radius 3 is 2.52 bits per heavy atom. The molecule has 0 radical (unpaired) electrons. The molecular formula is C22H25NO2. The summed E-state index contributed by atoms with van der Waals surface area (Å²) in [6, 6.07) is 20.9. The summed E-state index contributed by atoms with van der Waals surface area (Å²) in [7, 11) is 0. The Kier molecular flexibility index (Phi) is 5.44. The predicted octanol–water partition coefficient (Wildman–Crippen LogP) is 5.64.